The monoisotopic (exact) mass is 230 g/mol. The highest BCUT2D eigenvalue weighted by Crippen LogP contribution is 2.16. The average molecular weight is 230 g/mol. The average Bonchev–Trinajstić information content (AvgIpc) is 2.27. The van der Waals surface area contributed by atoms with Crippen LogP contribution < -0.4 is 5.32 Å². The number of rotatable bonds is 4. The van der Waals surface area contributed by atoms with Crippen LogP contribution in [-0.4, -0.2) is 48.1 Å². The van der Waals surface area contributed by atoms with Crippen molar-refractivity contribution in [2.24, 2.45) is 0 Å². The van der Waals surface area contributed by atoms with Crippen LogP contribution in [0.4, 0.5) is 0 Å². The minimum atomic E-state index is 0.282. The van der Waals surface area contributed by atoms with Gasteiger partial charge in [-0.3, -0.25) is 4.90 Å². The van der Waals surface area contributed by atoms with E-state index in [1.165, 1.54) is 31.7 Å². The Bertz CT molecular complexity index is 182. The Kier molecular flexibility index (Phi) is 5.44. The second-order valence-electron chi connectivity index (χ2n) is 5.27. The van der Waals surface area contributed by atoms with E-state index in [4.69, 9.17) is 0 Å². The lowest BCUT2D eigenvalue weighted by Gasteiger charge is -2.32. The number of thioether (sulfide) groups is 1. The van der Waals surface area contributed by atoms with Crippen molar-refractivity contribution in [1.29, 1.82) is 0 Å². The fraction of sp³-hybridized carbons (Fsp3) is 1.00. The van der Waals surface area contributed by atoms with E-state index in [-0.39, 0.29) is 5.54 Å². The fourth-order valence-corrected chi connectivity index (χ4v) is 2.65. The Morgan fingerprint density at radius 3 is 2.87 bits per heavy atom. The topological polar surface area (TPSA) is 15.3 Å². The molecule has 1 aliphatic heterocycles. The van der Waals surface area contributed by atoms with Crippen LogP contribution in [0.2, 0.25) is 0 Å². The van der Waals surface area contributed by atoms with Crippen molar-refractivity contribution in [3.8, 4) is 0 Å². The molecule has 1 rings (SSSR count). The van der Waals surface area contributed by atoms with Crippen molar-refractivity contribution in [1.82, 2.24) is 10.2 Å². The smallest absolute Gasteiger partial charge is 0.0252 e. The Labute approximate surface area is 99.2 Å². The first-order chi connectivity index (χ1) is 7.05. The van der Waals surface area contributed by atoms with E-state index in [1.54, 1.807) is 0 Å². The molecule has 1 atom stereocenters. The lowest BCUT2D eigenvalue weighted by atomic mass is 10.1. The van der Waals surface area contributed by atoms with E-state index in [1.807, 2.05) is 11.8 Å². The second-order valence-corrected chi connectivity index (χ2v) is 6.25. The summed E-state index contributed by atoms with van der Waals surface area (Å²) in [5.74, 6) is 1.29. The Balaban J connectivity index is 2.43. The third-order valence-electron chi connectivity index (χ3n) is 3.18. The van der Waals surface area contributed by atoms with Gasteiger partial charge in [0.1, 0.15) is 0 Å². The van der Waals surface area contributed by atoms with Crippen molar-refractivity contribution in [3.63, 3.8) is 0 Å². The van der Waals surface area contributed by atoms with Gasteiger partial charge in [0.25, 0.3) is 0 Å². The molecule has 0 saturated carbocycles. The summed E-state index contributed by atoms with van der Waals surface area (Å²) in [5.41, 5.74) is 0.282. The maximum absolute atomic E-state index is 3.62. The van der Waals surface area contributed by atoms with Crippen LogP contribution in [0, 0.1) is 0 Å². The summed E-state index contributed by atoms with van der Waals surface area (Å²) in [6.45, 7) is 10.6. The molecular formula is C12H26N2S. The molecule has 1 aliphatic rings. The maximum atomic E-state index is 3.62. The molecule has 0 amide bonds. The number of hydrogen-bond acceptors (Lipinski definition) is 3. The first-order valence-electron chi connectivity index (χ1n) is 6.03. The Hall–Kier alpha value is 0.270. The molecule has 2 nitrogen and oxygen atoms in total. The number of hydrogen-bond donors (Lipinski definition) is 1. The van der Waals surface area contributed by atoms with Crippen molar-refractivity contribution in [2.75, 3.05) is 31.6 Å². The quantitative estimate of drug-likeness (QED) is 0.746. The minimum Gasteiger partial charge on any atom is -0.310 e. The highest BCUT2D eigenvalue weighted by atomic mass is 32.2. The normalized spacial score (nSPS) is 27.6. The zero-order valence-corrected chi connectivity index (χ0v) is 11.5. The molecule has 0 aromatic rings. The molecule has 1 N–H and O–H groups in total. The van der Waals surface area contributed by atoms with Gasteiger partial charge < -0.3 is 5.32 Å². The van der Waals surface area contributed by atoms with Crippen LogP contribution in [0.3, 0.4) is 0 Å². The van der Waals surface area contributed by atoms with Crippen molar-refractivity contribution in [3.05, 3.63) is 0 Å². The lowest BCUT2D eigenvalue weighted by Crippen LogP contribution is -2.47. The summed E-state index contributed by atoms with van der Waals surface area (Å²) < 4.78 is 0. The van der Waals surface area contributed by atoms with Gasteiger partial charge in [-0.2, -0.15) is 11.8 Å². The molecule has 1 fully saturated rings. The lowest BCUT2D eigenvalue weighted by molar-refractivity contribution is 0.182. The largest absolute Gasteiger partial charge is 0.310 e. The molecule has 0 radical (unpaired) electrons. The predicted molar refractivity (Wildman–Crippen MR) is 70.7 cm³/mol. The molecule has 1 saturated heterocycles. The van der Waals surface area contributed by atoms with E-state index in [9.17, 15) is 0 Å². The third kappa shape index (κ3) is 4.75. The first kappa shape index (κ1) is 13.3. The van der Waals surface area contributed by atoms with Gasteiger partial charge in [0, 0.05) is 18.1 Å². The van der Waals surface area contributed by atoms with Gasteiger partial charge in [-0.05, 0) is 58.7 Å². The van der Waals surface area contributed by atoms with E-state index >= 15 is 0 Å². The first-order valence-corrected chi connectivity index (χ1v) is 7.42. The van der Waals surface area contributed by atoms with Crippen molar-refractivity contribution in [2.45, 2.75) is 45.2 Å². The van der Waals surface area contributed by atoms with Crippen LogP contribution in [-0.2, 0) is 0 Å². The molecule has 1 unspecified atom stereocenters. The number of nitrogens with one attached hydrogen (secondary N) is 1. The van der Waals surface area contributed by atoms with Crippen LogP contribution in [0.5, 0.6) is 0 Å². The summed E-state index contributed by atoms with van der Waals surface area (Å²) in [6.07, 6.45) is 4.79. The summed E-state index contributed by atoms with van der Waals surface area (Å²) in [6, 6.07) is 0.737. The number of nitrogens with zero attached hydrogens (tertiary/aromatic N) is 1. The van der Waals surface area contributed by atoms with Crippen molar-refractivity contribution >= 4 is 11.8 Å². The van der Waals surface area contributed by atoms with Crippen LogP contribution in [0.1, 0.15) is 33.6 Å². The third-order valence-corrected chi connectivity index (χ3v) is 3.88. The minimum absolute atomic E-state index is 0.282. The van der Waals surface area contributed by atoms with E-state index in [0.29, 0.717) is 0 Å². The van der Waals surface area contributed by atoms with Crippen LogP contribution >= 0.6 is 11.8 Å². The highest BCUT2D eigenvalue weighted by Gasteiger charge is 2.27. The zero-order chi connectivity index (χ0) is 11.3. The van der Waals surface area contributed by atoms with Gasteiger partial charge in [0.2, 0.25) is 0 Å². The molecule has 1 heterocycles. The van der Waals surface area contributed by atoms with Gasteiger partial charge >= 0.3 is 0 Å². The molecule has 90 valence electrons. The molecule has 0 aliphatic carbocycles. The maximum Gasteiger partial charge on any atom is 0.0252 e. The summed E-state index contributed by atoms with van der Waals surface area (Å²) >= 11 is 1.95. The molecule has 3 heteroatoms. The van der Waals surface area contributed by atoms with Crippen LogP contribution in [0.15, 0.2) is 0 Å². The van der Waals surface area contributed by atoms with Crippen LogP contribution in [0.25, 0.3) is 0 Å². The molecule has 0 aromatic heterocycles. The standard InChI is InChI=1S/C12H26N2S/c1-11-6-7-13-12(2,3)10-14(11)8-5-9-15-4/h11,13H,5-10H2,1-4H3. The SMILES string of the molecule is CSCCCN1CC(C)(C)NCCC1C. The summed E-state index contributed by atoms with van der Waals surface area (Å²) in [5, 5.41) is 3.62. The fourth-order valence-electron chi connectivity index (χ4n) is 2.23. The Morgan fingerprint density at radius 2 is 2.20 bits per heavy atom. The zero-order valence-electron chi connectivity index (χ0n) is 10.7. The van der Waals surface area contributed by atoms with E-state index in [0.717, 1.165) is 12.6 Å². The van der Waals surface area contributed by atoms with E-state index in [2.05, 4.69) is 37.2 Å². The summed E-state index contributed by atoms with van der Waals surface area (Å²) in [4.78, 5) is 2.65. The highest BCUT2D eigenvalue weighted by molar-refractivity contribution is 7.98. The van der Waals surface area contributed by atoms with Gasteiger partial charge in [0.05, 0.1) is 0 Å². The van der Waals surface area contributed by atoms with E-state index < -0.39 is 0 Å². The summed E-state index contributed by atoms with van der Waals surface area (Å²) in [7, 11) is 0. The van der Waals surface area contributed by atoms with Gasteiger partial charge in [0.15, 0.2) is 0 Å². The molecular weight excluding hydrogens is 204 g/mol. The second kappa shape index (κ2) is 6.12. The molecule has 0 bridgehead atoms. The Morgan fingerprint density at radius 1 is 1.47 bits per heavy atom. The molecule has 15 heavy (non-hydrogen) atoms. The van der Waals surface area contributed by atoms with Gasteiger partial charge in [-0.1, -0.05) is 0 Å². The van der Waals surface area contributed by atoms with Crippen molar-refractivity contribution < 1.29 is 0 Å². The van der Waals surface area contributed by atoms with Gasteiger partial charge in [-0.15, -0.1) is 0 Å². The predicted octanol–water partition coefficient (Wildman–Crippen LogP) is 2.20. The molecule has 0 aromatic carbocycles. The molecule has 0 spiro atoms. The van der Waals surface area contributed by atoms with Gasteiger partial charge in [-0.25, -0.2) is 0 Å².